The molecule has 114 valence electrons. The summed E-state index contributed by atoms with van der Waals surface area (Å²) in [4.78, 5) is 32.2. The number of rotatable bonds is 4. The third-order valence-electron chi connectivity index (χ3n) is 3.79. The second-order valence-corrected chi connectivity index (χ2v) is 5.37. The van der Waals surface area contributed by atoms with Crippen molar-refractivity contribution in [2.75, 3.05) is 26.2 Å². The van der Waals surface area contributed by atoms with E-state index in [2.05, 4.69) is 11.9 Å². The number of hydrogen-bond acceptors (Lipinski definition) is 3. The molecule has 0 atom stereocenters. The van der Waals surface area contributed by atoms with Gasteiger partial charge in [-0.05, 0) is 25.0 Å². The van der Waals surface area contributed by atoms with Crippen molar-refractivity contribution in [2.24, 2.45) is 0 Å². The second kappa shape index (κ2) is 7.76. The van der Waals surface area contributed by atoms with Gasteiger partial charge in [-0.25, -0.2) is 0 Å². The summed E-state index contributed by atoms with van der Waals surface area (Å²) in [6.07, 6.45) is 6.68. The van der Waals surface area contributed by atoms with Gasteiger partial charge in [-0.1, -0.05) is 13.3 Å². The van der Waals surface area contributed by atoms with E-state index in [1.54, 1.807) is 24.5 Å². The predicted molar refractivity (Wildman–Crippen MR) is 80.9 cm³/mol. The highest BCUT2D eigenvalue weighted by molar-refractivity contribution is 5.93. The van der Waals surface area contributed by atoms with Crippen molar-refractivity contribution in [3.05, 3.63) is 30.1 Å². The van der Waals surface area contributed by atoms with Gasteiger partial charge >= 0.3 is 0 Å². The van der Waals surface area contributed by atoms with Gasteiger partial charge in [-0.2, -0.15) is 0 Å². The van der Waals surface area contributed by atoms with Gasteiger partial charge in [0.2, 0.25) is 5.91 Å². The van der Waals surface area contributed by atoms with Crippen LogP contribution in [0.2, 0.25) is 0 Å². The minimum absolute atomic E-state index is 0.00552. The zero-order valence-electron chi connectivity index (χ0n) is 12.6. The molecule has 0 aliphatic carbocycles. The molecule has 21 heavy (non-hydrogen) atoms. The van der Waals surface area contributed by atoms with Gasteiger partial charge < -0.3 is 9.80 Å². The van der Waals surface area contributed by atoms with Crippen LogP contribution in [0.1, 0.15) is 43.0 Å². The van der Waals surface area contributed by atoms with Gasteiger partial charge in [0, 0.05) is 45.0 Å². The Bertz CT molecular complexity index is 476. The van der Waals surface area contributed by atoms with Crippen molar-refractivity contribution in [3.63, 3.8) is 0 Å². The summed E-state index contributed by atoms with van der Waals surface area (Å²) >= 11 is 0. The molecule has 1 fully saturated rings. The zero-order valence-corrected chi connectivity index (χ0v) is 12.6. The van der Waals surface area contributed by atoms with Crippen LogP contribution < -0.4 is 0 Å². The van der Waals surface area contributed by atoms with Crippen LogP contribution in [0.15, 0.2) is 24.5 Å². The van der Waals surface area contributed by atoms with Crippen molar-refractivity contribution in [1.29, 1.82) is 0 Å². The maximum absolute atomic E-state index is 12.4. The Morgan fingerprint density at radius 2 is 1.95 bits per heavy atom. The molecule has 5 heteroatoms. The fourth-order valence-electron chi connectivity index (χ4n) is 2.53. The molecular formula is C16H23N3O2. The van der Waals surface area contributed by atoms with Gasteiger partial charge in [0.05, 0.1) is 5.56 Å². The lowest BCUT2D eigenvalue weighted by Gasteiger charge is -2.22. The smallest absolute Gasteiger partial charge is 0.255 e. The second-order valence-electron chi connectivity index (χ2n) is 5.37. The maximum atomic E-state index is 12.4. The van der Waals surface area contributed by atoms with E-state index in [1.165, 1.54) is 0 Å². The standard InChI is InChI=1S/C16H23N3O2/c1-2-3-7-15(20)18-9-5-10-19(12-11-18)16(21)14-6-4-8-17-13-14/h4,6,8,13H,2-3,5,7,9-12H2,1H3. The van der Waals surface area contributed by atoms with E-state index in [0.717, 1.165) is 25.8 Å². The highest BCUT2D eigenvalue weighted by Gasteiger charge is 2.22. The van der Waals surface area contributed by atoms with Gasteiger partial charge in [-0.3, -0.25) is 14.6 Å². The van der Waals surface area contributed by atoms with E-state index in [1.807, 2.05) is 9.80 Å². The Morgan fingerprint density at radius 3 is 2.67 bits per heavy atom. The fourth-order valence-corrected chi connectivity index (χ4v) is 2.53. The Morgan fingerprint density at radius 1 is 1.19 bits per heavy atom. The average molecular weight is 289 g/mol. The summed E-state index contributed by atoms with van der Waals surface area (Å²) in [7, 11) is 0. The number of hydrogen-bond donors (Lipinski definition) is 0. The van der Waals surface area contributed by atoms with Crippen molar-refractivity contribution in [3.8, 4) is 0 Å². The van der Waals surface area contributed by atoms with Crippen molar-refractivity contribution >= 4 is 11.8 Å². The number of carbonyl (C=O) groups excluding carboxylic acids is 2. The molecule has 0 bridgehead atoms. The zero-order chi connectivity index (χ0) is 15.1. The van der Waals surface area contributed by atoms with E-state index < -0.39 is 0 Å². The molecule has 1 saturated heterocycles. The van der Waals surface area contributed by atoms with E-state index in [-0.39, 0.29) is 11.8 Å². The molecule has 1 aromatic heterocycles. The van der Waals surface area contributed by atoms with Gasteiger partial charge in [0.25, 0.3) is 5.91 Å². The van der Waals surface area contributed by atoms with Crippen LogP contribution in [0, 0.1) is 0 Å². The lowest BCUT2D eigenvalue weighted by Crippen LogP contribution is -2.37. The third kappa shape index (κ3) is 4.28. The van der Waals surface area contributed by atoms with E-state index in [0.29, 0.717) is 31.6 Å². The molecule has 0 spiro atoms. The van der Waals surface area contributed by atoms with Crippen molar-refractivity contribution in [2.45, 2.75) is 32.6 Å². The highest BCUT2D eigenvalue weighted by Crippen LogP contribution is 2.10. The lowest BCUT2D eigenvalue weighted by atomic mass is 10.2. The third-order valence-corrected chi connectivity index (χ3v) is 3.79. The molecule has 2 amide bonds. The highest BCUT2D eigenvalue weighted by atomic mass is 16.2. The van der Waals surface area contributed by atoms with E-state index in [9.17, 15) is 9.59 Å². The summed E-state index contributed by atoms with van der Waals surface area (Å²) < 4.78 is 0. The molecule has 2 heterocycles. The number of nitrogens with zero attached hydrogens (tertiary/aromatic N) is 3. The Balaban J connectivity index is 1.91. The summed E-state index contributed by atoms with van der Waals surface area (Å²) in [5.41, 5.74) is 0.614. The summed E-state index contributed by atoms with van der Waals surface area (Å²) in [5.74, 6) is 0.221. The number of aromatic nitrogens is 1. The quantitative estimate of drug-likeness (QED) is 0.851. The number of unbranched alkanes of at least 4 members (excludes halogenated alkanes) is 1. The minimum Gasteiger partial charge on any atom is -0.341 e. The molecule has 0 aromatic carbocycles. The monoisotopic (exact) mass is 289 g/mol. The largest absolute Gasteiger partial charge is 0.341 e. The predicted octanol–water partition coefficient (Wildman–Crippen LogP) is 1.95. The lowest BCUT2D eigenvalue weighted by molar-refractivity contribution is -0.131. The summed E-state index contributed by atoms with van der Waals surface area (Å²) in [6, 6.07) is 3.55. The molecule has 1 aliphatic rings. The molecule has 1 aromatic rings. The average Bonchev–Trinajstić information content (AvgIpc) is 2.79. The van der Waals surface area contributed by atoms with Crippen molar-refractivity contribution < 1.29 is 9.59 Å². The van der Waals surface area contributed by atoms with Crippen LogP contribution >= 0.6 is 0 Å². The van der Waals surface area contributed by atoms with Crippen LogP contribution in [-0.2, 0) is 4.79 Å². The number of carbonyl (C=O) groups is 2. The first-order chi connectivity index (χ1) is 10.2. The maximum Gasteiger partial charge on any atom is 0.255 e. The van der Waals surface area contributed by atoms with Crippen LogP contribution in [-0.4, -0.2) is 52.8 Å². The van der Waals surface area contributed by atoms with Crippen molar-refractivity contribution in [1.82, 2.24) is 14.8 Å². The van der Waals surface area contributed by atoms with E-state index >= 15 is 0 Å². The first kappa shape index (κ1) is 15.5. The van der Waals surface area contributed by atoms with Gasteiger partial charge in [0.15, 0.2) is 0 Å². The van der Waals surface area contributed by atoms with Crippen LogP contribution in [0.4, 0.5) is 0 Å². The molecule has 0 N–H and O–H groups in total. The SMILES string of the molecule is CCCCC(=O)N1CCCN(C(=O)c2cccnc2)CC1. The van der Waals surface area contributed by atoms with Crippen LogP contribution in [0.3, 0.4) is 0 Å². The van der Waals surface area contributed by atoms with Gasteiger partial charge in [0.1, 0.15) is 0 Å². The number of pyridine rings is 1. The molecule has 1 aliphatic heterocycles. The molecule has 5 nitrogen and oxygen atoms in total. The molecule has 2 rings (SSSR count). The summed E-state index contributed by atoms with van der Waals surface area (Å²) in [6.45, 7) is 4.77. The first-order valence-electron chi connectivity index (χ1n) is 7.69. The van der Waals surface area contributed by atoms with Crippen LogP contribution in [0.5, 0.6) is 0 Å². The molecule has 0 saturated carbocycles. The summed E-state index contributed by atoms with van der Waals surface area (Å²) in [5, 5.41) is 0. The molecule has 0 unspecified atom stereocenters. The minimum atomic E-state index is 0.00552. The fraction of sp³-hybridized carbons (Fsp3) is 0.562. The normalized spacial score (nSPS) is 15.7. The van der Waals surface area contributed by atoms with Crippen LogP contribution in [0.25, 0.3) is 0 Å². The number of amides is 2. The van der Waals surface area contributed by atoms with Gasteiger partial charge in [-0.15, -0.1) is 0 Å². The Hall–Kier alpha value is -1.91. The topological polar surface area (TPSA) is 53.5 Å². The first-order valence-corrected chi connectivity index (χ1v) is 7.69. The Kier molecular flexibility index (Phi) is 5.72. The van der Waals surface area contributed by atoms with E-state index in [4.69, 9.17) is 0 Å². The Labute approximate surface area is 126 Å². The molecular weight excluding hydrogens is 266 g/mol. The molecule has 0 radical (unpaired) electrons.